The Labute approximate surface area is 155 Å². The highest BCUT2D eigenvalue weighted by atomic mass is 32.1. The van der Waals surface area contributed by atoms with Crippen molar-refractivity contribution in [1.82, 2.24) is 24.6 Å². The van der Waals surface area contributed by atoms with E-state index in [1.165, 1.54) is 11.5 Å². The SMILES string of the molecule is Cc1nsc(C)c1NC(=O)c1cccc(OCc2nnnn2C(C)C)c1. The van der Waals surface area contributed by atoms with Crippen LogP contribution in [-0.2, 0) is 6.61 Å². The van der Waals surface area contributed by atoms with Crippen LogP contribution in [0.5, 0.6) is 5.75 Å². The van der Waals surface area contributed by atoms with Crippen LogP contribution in [0.2, 0.25) is 0 Å². The standard InChI is InChI=1S/C17H20N6O2S/c1-10(2)23-15(19-21-22-23)9-25-14-7-5-6-13(8-14)17(24)18-16-11(3)20-26-12(16)4/h5-8,10H,9H2,1-4H3,(H,18,24). The minimum absolute atomic E-state index is 0.145. The second kappa shape index (κ2) is 7.61. The van der Waals surface area contributed by atoms with E-state index in [1.54, 1.807) is 28.9 Å². The van der Waals surface area contributed by atoms with E-state index in [-0.39, 0.29) is 18.6 Å². The van der Waals surface area contributed by atoms with Crippen molar-refractivity contribution in [1.29, 1.82) is 0 Å². The molecule has 8 nitrogen and oxygen atoms in total. The topological polar surface area (TPSA) is 94.8 Å². The highest BCUT2D eigenvalue weighted by molar-refractivity contribution is 7.06. The van der Waals surface area contributed by atoms with E-state index < -0.39 is 0 Å². The summed E-state index contributed by atoms with van der Waals surface area (Å²) in [5, 5.41) is 14.5. The third kappa shape index (κ3) is 3.88. The zero-order valence-electron chi connectivity index (χ0n) is 15.1. The van der Waals surface area contributed by atoms with Crippen LogP contribution in [0.4, 0.5) is 5.69 Å². The van der Waals surface area contributed by atoms with Gasteiger partial charge in [-0.05, 0) is 67.9 Å². The lowest BCUT2D eigenvalue weighted by Gasteiger charge is -2.10. The molecule has 3 rings (SSSR count). The molecule has 0 aliphatic rings. The molecule has 0 bridgehead atoms. The van der Waals surface area contributed by atoms with E-state index in [0.29, 0.717) is 17.1 Å². The lowest BCUT2D eigenvalue weighted by Crippen LogP contribution is -2.13. The Morgan fingerprint density at radius 1 is 1.35 bits per heavy atom. The summed E-state index contributed by atoms with van der Waals surface area (Å²) >= 11 is 1.37. The van der Waals surface area contributed by atoms with E-state index in [4.69, 9.17) is 4.74 Å². The number of hydrogen-bond donors (Lipinski definition) is 1. The highest BCUT2D eigenvalue weighted by Gasteiger charge is 2.14. The third-order valence-corrected chi connectivity index (χ3v) is 4.63. The molecule has 2 heterocycles. The fourth-order valence-electron chi connectivity index (χ4n) is 2.43. The van der Waals surface area contributed by atoms with Gasteiger partial charge in [-0.25, -0.2) is 4.68 Å². The number of anilines is 1. The Hall–Kier alpha value is -2.81. The number of tetrazole rings is 1. The quantitative estimate of drug-likeness (QED) is 0.714. The number of carbonyl (C=O) groups is 1. The van der Waals surface area contributed by atoms with E-state index in [1.807, 2.05) is 27.7 Å². The van der Waals surface area contributed by atoms with Gasteiger partial charge in [0.2, 0.25) is 0 Å². The molecule has 0 unspecified atom stereocenters. The number of nitrogens with zero attached hydrogens (tertiary/aromatic N) is 5. The zero-order valence-corrected chi connectivity index (χ0v) is 15.9. The normalized spacial score (nSPS) is 11.0. The number of aromatic nitrogens is 5. The summed E-state index contributed by atoms with van der Waals surface area (Å²) < 4.78 is 11.7. The Morgan fingerprint density at radius 3 is 2.85 bits per heavy atom. The number of carbonyl (C=O) groups excluding carboxylic acids is 1. The summed E-state index contributed by atoms with van der Waals surface area (Å²) in [4.78, 5) is 13.5. The van der Waals surface area contributed by atoms with Gasteiger partial charge < -0.3 is 10.1 Å². The molecule has 1 amide bonds. The molecular formula is C17H20N6O2S. The van der Waals surface area contributed by atoms with Crippen LogP contribution < -0.4 is 10.1 Å². The second-order valence-electron chi connectivity index (χ2n) is 6.10. The van der Waals surface area contributed by atoms with Gasteiger partial charge in [-0.2, -0.15) is 4.37 Å². The largest absolute Gasteiger partial charge is 0.486 e. The summed E-state index contributed by atoms with van der Waals surface area (Å²) in [5.74, 6) is 1.01. The van der Waals surface area contributed by atoms with Crippen molar-refractivity contribution < 1.29 is 9.53 Å². The third-order valence-electron chi connectivity index (χ3n) is 3.79. The monoisotopic (exact) mass is 372 g/mol. The molecule has 0 saturated heterocycles. The predicted octanol–water partition coefficient (Wildman–Crippen LogP) is 3.16. The van der Waals surface area contributed by atoms with Crippen molar-refractivity contribution in [3.05, 3.63) is 46.2 Å². The van der Waals surface area contributed by atoms with E-state index in [2.05, 4.69) is 25.2 Å². The average Bonchev–Trinajstić information content (AvgIpc) is 3.22. The van der Waals surface area contributed by atoms with Crippen molar-refractivity contribution in [2.45, 2.75) is 40.3 Å². The summed E-state index contributed by atoms with van der Waals surface area (Å²) in [5.41, 5.74) is 2.09. The molecule has 9 heteroatoms. The molecule has 1 N–H and O–H groups in total. The summed E-state index contributed by atoms with van der Waals surface area (Å²) in [6.45, 7) is 8.02. The van der Waals surface area contributed by atoms with Gasteiger partial charge in [0.1, 0.15) is 12.4 Å². The molecular weight excluding hydrogens is 352 g/mol. The van der Waals surface area contributed by atoms with Gasteiger partial charge in [-0.15, -0.1) is 5.10 Å². The summed E-state index contributed by atoms with van der Waals surface area (Å²) in [6, 6.07) is 7.16. The minimum atomic E-state index is -0.200. The van der Waals surface area contributed by atoms with Crippen LogP contribution in [0.1, 0.15) is 46.6 Å². The van der Waals surface area contributed by atoms with Gasteiger partial charge in [0, 0.05) is 10.4 Å². The lowest BCUT2D eigenvalue weighted by molar-refractivity contribution is 0.102. The van der Waals surface area contributed by atoms with Gasteiger partial charge in [-0.1, -0.05) is 6.07 Å². The van der Waals surface area contributed by atoms with E-state index in [9.17, 15) is 4.79 Å². The number of rotatable bonds is 6. The predicted molar refractivity (Wildman–Crippen MR) is 98.5 cm³/mol. The van der Waals surface area contributed by atoms with Crippen molar-refractivity contribution in [3.8, 4) is 5.75 Å². The fourth-order valence-corrected chi connectivity index (χ4v) is 3.09. The molecule has 136 valence electrons. The first kappa shape index (κ1) is 18.0. The number of nitrogens with one attached hydrogen (secondary N) is 1. The van der Waals surface area contributed by atoms with Crippen molar-refractivity contribution >= 4 is 23.1 Å². The van der Waals surface area contributed by atoms with Crippen LogP contribution in [0.25, 0.3) is 0 Å². The number of hydrogen-bond acceptors (Lipinski definition) is 7. The van der Waals surface area contributed by atoms with Gasteiger partial charge in [0.05, 0.1) is 17.4 Å². The Balaban J connectivity index is 1.70. The first-order valence-electron chi connectivity index (χ1n) is 8.19. The fraction of sp³-hybridized carbons (Fsp3) is 0.353. The molecule has 0 radical (unpaired) electrons. The molecule has 0 atom stereocenters. The van der Waals surface area contributed by atoms with Crippen molar-refractivity contribution in [2.24, 2.45) is 0 Å². The number of ether oxygens (including phenoxy) is 1. The maximum absolute atomic E-state index is 12.5. The summed E-state index contributed by atoms with van der Waals surface area (Å²) in [7, 11) is 0. The number of benzene rings is 1. The number of aryl methyl sites for hydroxylation is 2. The first-order chi connectivity index (χ1) is 12.5. The van der Waals surface area contributed by atoms with Crippen LogP contribution in [-0.4, -0.2) is 30.5 Å². The van der Waals surface area contributed by atoms with Crippen LogP contribution in [0.3, 0.4) is 0 Å². The molecule has 1 aromatic carbocycles. The minimum Gasteiger partial charge on any atom is -0.486 e. The van der Waals surface area contributed by atoms with Gasteiger partial charge in [0.15, 0.2) is 5.82 Å². The van der Waals surface area contributed by atoms with Crippen molar-refractivity contribution in [2.75, 3.05) is 5.32 Å². The summed E-state index contributed by atoms with van der Waals surface area (Å²) in [6.07, 6.45) is 0. The Bertz CT molecular complexity index is 898. The van der Waals surface area contributed by atoms with Gasteiger partial charge in [0.25, 0.3) is 5.91 Å². The van der Waals surface area contributed by atoms with Crippen LogP contribution >= 0.6 is 11.5 Å². The molecule has 2 aromatic heterocycles. The molecule has 0 spiro atoms. The van der Waals surface area contributed by atoms with Crippen LogP contribution in [0, 0.1) is 13.8 Å². The van der Waals surface area contributed by atoms with E-state index >= 15 is 0 Å². The molecule has 0 saturated carbocycles. The van der Waals surface area contributed by atoms with Gasteiger partial charge in [-0.3, -0.25) is 4.79 Å². The highest BCUT2D eigenvalue weighted by Crippen LogP contribution is 2.24. The molecule has 0 aliphatic carbocycles. The molecule has 26 heavy (non-hydrogen) atoms. The van der Waals surface area contributed by atoms with Gasteiger partial charge >= 0.3 is 0 Å². The number of amides is 1. The second-order valence-corrected chi connectivity index (χ2v) is 7.08. The molecule has 0 aliphatic heterocycles. The smallest absolute Gasteiger partial charge is 0.255 e. The maximum atomic E-state index is 12.5. The first-order valence-corrected chi connectivity index (χ1v) is 8.97. The Morgan fingerprint density at radius 2 is 2.15 bits per heavy atom. The molecule has 0 fully saturated rings. The maximum Gasteiger partial charge on any atom is 0.255 e. The van der Waals surface area contributed by atoms with Crippen molar-refractivity contribution in [3.63, 3.8) is 0 Å². The van der Waals surface area contributed by atoms with Crippen LogP contribution in [0.15, 0.2) is 24.3 Å². The lowest BCUT2D eigenvalue weighted by atomic mass is 10.2. The average molecular weight is 372 g/mol. The zero-order chi connectivity index (χ0) is 18.7. The Kier molecular flexibility index (Phi) is 5.27. The molecule has 3 aromatic rings. The van der Waals surface area contributed by atoms with E-state index in [0.717, 1.165) is 16.3 Å².